The van der Waals surface area contributed by atoms with E-state index in [9.17, 15) is 4.79 Å². The molecule has 5 heteroatoms. The second-order valence-electron chi connectivity index (χ2n) is 6.81. The molecule has 3 rings (SSSR count). The molecule has 1 aromatic heterocycles. The first-order chi connectivity index (χ1) is 11.5. The van der Waals surface area contributed by atoms with Gasteiger partial charge in [-0.05, 0) is 25.3 Å². The van der Waals surface area contributed by atoms with Crippen LogP contribution in [-0.4, -0.2) is 22.3 Å². The highest BCUT2D eigenvalue weighted by Gasteiger charge is 2.27. The molecule has 1 aliphatic heterocycles. The lowest BCUT2D eigenvalue weighted by molar-refractivity contribution is 0.0929. The van der Waals surface area contributed by atoms with Crippen LogP contribution in [0.15, 0.2) is 24.4 Å². The molecular formula is C19H25N3O2. The number of nitrogens with zero attached hydrogens (tertiary/aromatic N) is 2. The van der Waals surface area contributed by atoms with Crippen molar-refractivity contribution in [3.63, 3.8) is 0 Å². The van der Waals surface area contributed by atoms with Crippen molar-refractivity contribution < 1.29 is 9.53 Å². The van der Waals surface area contributed by atoms with Crippen molar-refractivity contribution in [2.24, 2.45) is 5.92 Å². The first-order valence-electron chi connectivity index (χ1n) is 8.58. The first-order valence-corrected chi connectivity index (χ1v) is 8.58. The van der Waals surface area contributed by atoms with Gasteiger partial charge in [-0.15, -0.1) is 0 Å². The molecule has 128 valence electrons. The topological polar surface area (TPSA) is 56.1 Å². The van der Waals surface area contributed by atoms with Crippen molar-refractivity contribution in [3.8, 4) is 5.75 Å². The fourth-order valence-electron chi connectivity index (χ4n) is 3.17. The molecule has 1 unspecified atom stereocenters. The van der Waals surface area contributed by atoms with Crippen LogP contribution < -0.4 is 10.1 Å². The normalized spacial score (nSPS) is 16.1. The van der Waals surface area contributed by atoms with Crippen LogP contribution in [0.3, 0.4) is 0 Å². The molecule has 0 bridgehead atoms. The smallest absolute Gasteiger partial charge is 0.255 e. The van der Waals surface area contributed by atoms with Crippen molar-refractivity contribution >= 4 is 5.91 Å². The van der Waals surface area contributed by atoms with Gasteiger partial charge < -0.3 is 10.1 Å². The van der Waals surface area contributed by atoms with Crippen LogP contribution in [0, 0.1) is 12.8 Å². The highest BCUT2D eigenvalue weighted by atomic mass is 16.5. The summed E-state index contributed by atoms with van der Waals surface area (Å²) >= 11 is 0. The third kappa shape index (κ3) is 3.16. The lowest BCUT2D eigenvalue weighted by atomic mass is 10.1. The van der Waals surface area contributed by atoms with Crippen molar-refractivity contribution in [1.82, 2.24) is 15.1 Å². The SMILES string of the molecule is CCc1c(C(=O)NC2COc3ccc(C)cc32)cnn1CC(C)C. The average Bonchev–Trinajstić information content (AvgIpc) is 3.11. The Labute approximate surface area is 143 Å². The van der Waals surface area contributed by atoms with E-state index in [2.05, 4.69) is 37.3 Å². The third-order valence-electron chi connectivity index (χ3n) is 4.32. The monoisotopic (exact) mass is 327 g/mol. The van der Waals surface area contributed by atoms with Crippen LogP contribution in [0.4, 0.5) is 0 Å². The molecule has 1 N–H and O–H groups in total. The summed E-state index contributed by atoms with van der Waals surface area (Å²) in [6.07, 6.45) is 2.47. The lowest BCUT2D eigenvalue weighted by Crippen LogP contribution is -2.30. The third-order valence-corrected chi connectivity index (χ3v) is 4.32. The van der Waals surface area contributed by atoms with Gasteiger partial charge >= 0.3 is 0 Å². The second-order valence-corrected chi connectivity index (χ2v) is 6.81. The van der Waals surface area contributed by atoms with Crippen molar-refractivity contribution in [2.75, 3.05) is 6.61 Å². The van der Waals surface area contributed by atoms with Gasteiger partial charge in [0.25, 0.3) is 5.91 Å². The summed E-state index contributed by atoms with van der Waals surface area (Å²) in [7, 11) is 0. The van der Waals surface area contributed by atoms with Crippen molar-refractivity contribution in [3.05, 3.63) is 46.8 Å². The number of amides is 1. The van der Waals surface area contributed by atoms with E-state index < -0.39 is 0 Å². The minimum absolute atomic E-state index is 0.0789. The number of hydrogen-bond donors (Lipinski definition) is 1. The maximum Gasteiger partial charge on any atom is 0.255 e. The molecule has 0 saturated heterocycles. The van der Waals surface area contributed by atoms with Crippen LogP contribution in [0.2, 0.25) is 0 Å². The van der Waals surface area contributed by atoms with Gasteiger partial charge in [-0.3, -0.25) is 9.48 Å². The number of hydrogen-bond acceptors (Lipinski definition) is 3. The van der Waals surface area contributed by atoms with Gasteiger partial charge in [0, 0.05) is 12.1 Å². The number of aryl methyl sites for hydroxylation is 1. The molecule has 2 aromatic rings. The number of carbonyl (C=O) groups excluding carboxylic acids is 1. The molecule has 0 fully saturated rings. The molecule has 1 atom stereocenters. The van der Waals surface area contributed by atoms with E-state index in [0.717, 1.165) is 35.5 Å². The van der Waals surface area contributed by atoms with Gasteiger partial charge in [-0.25, -0.2) is 0 Å². The molecular weight excluding hydrogens is 302 g/mol. The minimum atomic E-state index is -0.106. The largest absolute Gasteiger partial charge is 0.491 e. The zero-order valence-electron chi connectivity index (χ0n) is 14.8. The van der Waals surface area contributed by atoms with E-state index in [1.165, 1.54) is 0 Å². The van der Waals surface area contributed by atoms with Crippen LogP contribution in [0.25, 0.3) is 0 Å². The predicted octanol–water partition coefficient (Wildman–Crippen LogP) is 3.27. The summed E-state index contributed by atoms with van der Waals surface area (Å²) in [6, 6.07) is 5.96. The van der Waals surface area contributed by atoms with E-state index in [-0.39, 0.29) is 11.9 Å². The summed E-state index contributed by atoms with van der Waals surface area (Å²) in [5.74, 6) is 1.27. The number of rotatable bonds is 5. The van der Waals surface area contributed by atoms with Crippen LogP contribution in [0.5, 0.6) is 5.75 Å². The summed E-state index contributed by atoms with van der Waals surface area (Å²) in [5.41, 5.74) is 3.87. The van der Waals surface area contributed by atoms with Gasteiger partial charge in [-0.1, -0.05) is 38.5 Å². The average molecular weight is 327 g/mol. The summed E-state index contributed by atoms with van der Waals surface area (Å²) in [6.45, 7) is 9.70. The van der Waals surface area contributed by atoms with Crippen LogP contribution in [-0.2, 0) is 13.0 Å². The Balaban J connectivity index is 1.80. The Morgan fingerprint density at radius 3 is 2.96 bits per heavy atom. The molecule has 2 heterocycles. The van der Waals surface area contributed by atoms with E-state index in [1.807, 2.05) is 23.7 Å². The Bertz CT molecular complexity index is 749. The number of benzene rings is 1. The first kappa shape index (κ1) is 16.6. The Morgan fingerprint density at radius 1 is 1.46 bits per heavy atom. The van der Waals surface area contributed by atoms with Gasteiger partial charge in [0.1, 0.15) is 12.4 Å². The zero-order chi connectivity index (χ0) is 17.3. The van der Waals surface area contributed by atoms with Gasteiger partial charge in [-0.2, -0.15) is 5.10 Å². The number of fused-ring (bicyclic) bond motifs is 1. The highest BCUT2D eigenvalue weighted by Crippen LogP contribution is 2.33. The Kier molecular flexibility index (Phi) is 4.60. The zero-order valence-corrected chi connectivity index (χ0v) is 14.8. The van der Waals surface area contributed by atoms with E-state index in [0.29, 0.717) is 18.1 Å². The molecule has 5 nitrogen and oxygen atoms in total. The Morgan fingerprint density at radius 2 is 2.25 bits per heavy atom. The summed E-state index contributed by atoms with van der Waals surface area (Å²) in [5, 5.41) is 7.51. The quantitative estimate of drug-likeness (QED) is 0.917. The minimum Gasteiger partial charge on any atom is -0.491 e. The maximum atomic E-state index is 12.8. The van der Waals surface area contributed by atoms with Gasteiger partial charge in [0.15, 0.2) is 0 Å². The van der Waals surface area contributed by atoms with E-state index in [1.54, 1.807) is 6.20 Å². The molecule has 0 aliphatic carbocycles. The second kappa shape index (κ2) is 6.67. The van der Waals surface area contributed by atoms with Crippen LogP contribution in [0.1, 0.15) is 54.0 Å². The standard InChI is InChI=1S/C19H25N3O2/c1-5-17-15(9-20-22(17)10-12(2)3)19(23)21-16-11-24-18-7-6-13(4)8-14(16)18/h6-9,12,16H,5,10-11H2,1-4H3,(H,21,23). The van der Waals surface area contributed by atoms with Crippen LogP contribution >= 0.6 is 0 Å². The number of aromatic nitrogens is 2. The molecule has 1 aromatic carbocycles. The van der Waals surface area contributed by atoms with Crippen molar-refractivity contribution in [1.29, 1.82) is 0 Å². The van der Waals surface area contributed by atoms with Gasteiger partial charge in [0.05, 0.1) is 23.5 Å². The summed E-state index contributed by atoms with van der Waals surface area (Å²) in [4.78, 5) is 12.8. The number of nitrogens with one attached hydrogen (secondary N) is 1. The van der Waals surface area contributed by atoms with Crippen molar-refractivity contribution in [2.45, 2.75) is 46.7 Å². The van der Waals surface area contributed by atoms with E-state index in [4.69, 9.17) is 4.74 Å². The molecule has 0 radical (unpaired) electrons. The van der Waals surface area contributed by atoms with E-state index >= 15 is 0 Å². The Hall–Kier alpha value is -2.30. The molecule has 1 amide bonds. The fraction of sp³-hybridized carbons (Fsp3) is 0.474. The highest BCUT2D eigenvalue weighted by molar-refractivity contribution is 5.95. The number of carbonyl (C=O) groups is 1. The summed E-state index contributed by atoms with van der Waals surface area (Å²) < 4.78 is 7.63. The lowest BCUT2D eigenvalue weighted by Gasteiger charge is -2.13. The fourth-order valence-corrected chi connectivity index (χ4v) is 3.17. The predicted molar refractivity (Wildman–Crippen MR) is 93.3 cm³/mol. The maximum absolute atomic E-state index is 12.8. The molecule has 0 saturated carbocycles. The molecule has 1 aliphatic rings. The number of ether oxygens (including phenoxy) is 1. The molecule has 24 heavy (non-hydrogen) atoms. The molecule has 0 spiro atoms. The van der Waals surface area contributed by atoms with Gasteiger partial charge in [0.2, 0.25) is 0 Å².